The van der Waals surface area contributed by atoms with Crippen LogP contribution in [-0.4, -0.2) is 23.7 Å². The number of hydrogen-bond acceptors (Lipinski definition) is 6. The molecular formula is C25H21ClN2O4S. The Kier molecular flexibility index (Phi) is 7.32. The summed E-state index contributed by atoms with van der Waals surface area (Å²) in [6.07, 6.45) is 3.48. The monoisotopic (exact) mass is 480 g/mol. The number of aliphatic imine (C=N–C) groups is 1. The lowest BCUT2D eigenvalue weighted by Gasteiger charge is -2.04. The van der Waals surface area contributed by atoms with Crippen LogP contribution in [-0.2, 0) is 9.53 Å². The lowest BCUT2D eigenvalue weighted by Crippen LogP contribution is -2.19. The first-order valence-electron chi connectivity index (χ1n) is 10.4. The van der Waals surface area contributed by atoms with Gasteiger partial charge in [-0.05, 0) is 54.6 Å². The quantitative estimate of drug-likeness (QED) is 0.239. The molecule has 1 aliphatic rings. The van der Waals surface area contributed by atoms with E-state index in [-0.39, 0.29) is 11.9 Å². The van der Waals surface area contributed by atoms with E-state index in [0.29, 0.717) is 44.5 Å². The van der Waals surface area contributed by atoms with Gasteiger partial charge in [0.2, 0.25) is 0 Å². The van der Waals surface area contributed by atoms with E-state index < -0.39 is 0 Å². The molecule has 1 fully saturated rings. The topological polar surface area (TPSA) is 80.9 Å². The summed E-state index contributed by atoms with van der Waals surface area (Å²) in [6.45, 7) is 2.46. The number of carbonyl (C=O) groups is 2. The van der Waals surface area contributed by atoms with Crippen molar-refractivity contribution in [1.29, 1.82) is 0 Å². The predicted octanol–water partition coefficient (Wildman–Crippen LogP) is 6.45. The number of benzene rings is 2. The molecule has 2 heterocycles. The van der Waals surface area contributed by atoms with Crippen molar-refractivity contribution < 1.29 is 18.7 Å². The number of carbonyl (C=O) groups excluding carboxylic acids is 2. The summed E-state index contributed by atoms with van der Waals surface area (Å²) in [7, 11) is 0. The smallest absolute Gasteiger partial charge is 0.338 e. The van der Waals surface area contributed by atoms with Gasteiger partial charge < -0.3 is 14.5 Å². The molecule has 4 rings (SSSR count). The van der Waals surface area contributed by atoms with E-state index in [2.05, 4.69) is 10.3 Å². The van der Waals surface area contributed by atoms with E-state index in [4.69, 9.17) is 20.8 Å². The summed E-state index contributed by atoms with van der Waals surface area (Å²) >= 11 is 7.35. The van der Waals surface area contributed by atoms with Crippen molar-refractivity contribution in [2.75, 3.05) is 6.61 Å². The highest BCUT2D eigenvalue weighted by atomic mass is 35.5. The number of ether oxygens (including phenoxy) is 1. The molecule has 1 saturated heterocycles. The fraction of sp³-hybridized carbons (Fsp3) is 0.160. The maximum absolute atomic E-state index is 12.3. The molecule has 168 valence electrons. The van der Waals surface area contributed by atoms with E-state index in [9.17, 15) is 9.59 Å². The molecule has 0 bridgehead atoms. The molecule has 6 nitrogen and oxygen atoms in total. The Labute approximate surface area is 200 Å². The second kappa shape index (κ2) is 10.6. The van der Waals surface area contributed by atoms with Crippen LogP contribution in [0.25, 0.3) is 17.4 Å². The summed E-state index contributed by atoms with van der Waals surface area (Å²) in [5.41, 5.74) is 1.89. The van der Waals surface area contributed by atoms with Gasteiger partial charge in [-0.2, -0.15) is 0 Å². The van der Waals surface area contributed by atoms with Crippen LogP contribution < -0.4 is 5.32 Å². The van der Waals surface area contributed by atoms with E-state index in [1.165, 1.54) is 11.8 Å². The first-order chi connectivity index (χ1) is 16.0. The average Bonchev–Trinajstić information content (AvgIpc) is 3.42. The van der Waals surface area contributed by atoms with Crippen molar-refractivity contribution in [2.24, 2.45) is 4.99 Å². The van der Waals surface area contributed by atoms with Crippen LogP contribution in [0.1, 0.15) is 35.9 Å². The number of para-hydroxylation sites is 1. The Morgan fingerprint density at radius 3 is 2.70 bits per heavy atom. The normalized spacial score (nSPS) is 15.8. The zero-order valence-corrected chi connectivity index (χ0v) is 19.4. The summed E-state index contributed by atoms with van der Waals surface area (Å²) in [4.78, 5) is 29.3. The van der Waals surface area contributed by atoms with Crippen molar-refractivity contribution in [3.8, 4) is 11.3 Å². The molecular weight excluding hydrogens is 460 g/mol. The fourth-order valence-electron chi connectivity index (χ4n) is 3.01. The van der Waals surface area contributed by atoms with Gasteiger partial charge in [0.1, 0.15) is 11.5 Å². The lowest BCUT2D eigenvalue weighted by molar-refractivity contribution is -0.115. The largest absolute Gasteiger partial charge is 0.462 e. The Balaban J connectivity index is 1.45. The van der Waals surface area contributed by atoms with Gasteiger partial charge >= 0.3 is 5.97 Å². The minimum absolute atomic E-state index is 0.255. The number of nitrogens with zero attached hydrogens (tertiary/aromatic N) is 1. The van der Waals surface area contributed by atoms with Gasteiger partial charge in [0, 0.05) is 11.6 Å². The number of furan rings is 1. The maximum atomic E-state index is 12.3. The van der Waals surface area contributed by atoms with Crippen molar-refractivity contribution in [3.05, 3.63) is 81.9 Å². The lowest BCUT2D eigenvalue weighted by atomic mass is 10.1. The first-order valence-corrected chi connectivity index (χ1v) is 11.6. The minimum Gasteiger partial charge on any atom is -0.462 e. The number of esters is 1. The molecule has 8 heteroatoms. The molecule has 0 unspecified atom stereocenters. The van der Waals surface area contributed by atoms with Crippen molar-refractivity contribution in [2.45, 2.75) is 19.8 Å². The van der Waals surface area contributed by atoms with Gasteiger partial charge in [-0.15, -0.1) is 0 Å². The molecule has 0 radical (unpaired) electrons. The summed E-state index contributed by atoms with van der Waals surface area (Å²) < 4.78 is 11.1. The number of amidine groups is 1. The van der Waals surface area contributed by atoms with Crippen LogP contribution in [0.3, 0.4) is 0 Å². The third kappa shape index (κ3) is 5.74. The third-order valence-electron chi connectivity index (χ3n) is 4.76. The Morgan fingerprint density at radius 1 is 1.15 bits per heavy atom. The zero-order valence-electron chi connectivity index (χ0n) is 17.8. The standard InChI is InChI=1S/C25H21ClN2O4S/c1-2-3-14-31-24(30)17-10-8-16(9-11-17)21-13-12-18(32-21)15-22-23(29)28-25(33-22)27-20-7-5-4-6-19(20)26/h4-13,15H,2-3,14H2,1H3,(H,27,28,29)/b22-15+. The van der Waals surface area contributed by atoms with Crippen LogP contribution in [0, 0.1) is 0 Å². The first kappa shape index (κ1) is 22.9. The van der Waals surface area contributed by atoms with Crippen molar-refractivity contribution >= 4 is 52.2 Å². The second-order valence-electron chi connectivity index (χ2n) is 7.20. The molecule has 1 N–H and O–H groups in total. The number of hydrogen-bond donors (Lipinski definition) is 1. The van der Waals surface area contributed by atoms with Gasteiger partial charge in [0.15, 0.2) is 5.17 Å². The number of halogens is 1. The summed E-state index contributed by atoms with van der Waals surface area (Å²) in [6, 6.07) is 17.8. The Bertz CT molecular complexity index is 1230. The highest BCUT2D eigenvalue weighted by Gasteiger charge is 2.24. The van der Waals surface area contributed by atoms with Crippen LogP contribution in [0.5, 0.6) is 0 Å². The van der Waals surface area contributed by atoms with E-state index >= 15 is 0 Å². The number of nitrogens with one attached hydrogen (secondary N) is 1. The third-order valence-corrected chi connectivity index (χ3v) is 5.99. The Morgan fingerprint density at radius 2 is 1.94 bits per heavy atom. The van der Waals surface area contributed by atoms with Crippen LogP contribution in [0.4, 0.5) is 5.69 Å². The highest BCUT2D eigenvalue weighted by Crippen LogP contribution is 2.32. The second-order valence-corrected chi connectivity index (χ2v) is 8.64. The van der Waals surface area contributed by atoms with Gasteiger partial charge in [0.05, 0.1) is 27.8 Å². The summed E-state index contributed by atoms with van der Waals surface area (Å²) in [5, 5.41) is 3.69. The highest BCUT2D eigenvalue weighted by molar-refractivity contribution is 8.18. The van der Waals surface area contributed by atoms with E-state index in [1.54, 1.807) is 48.5 Å². The molecule has 0 aliphatic carbocycles. The molecule has 33 heavy (non-hydrogen) atoms. The average molecular weight is 481 g/mol. The predicted molar refractivity (Wildman–Crippen MR) is 132 cm³/mol. The van der Waals surface area contributed by atoms with Gasteiger partial charge in [-0.3, -0.25) is 4.79 Å². The molecule has 1 amide bonds. The zero-order chi connectivity index (χ0) is 23.2. The van der Waals surface area contributed by atoms with Gasteiger partial charge in [-0.25, -0.2) is 9.79 Å². The van der Waals surface area contributed by atoms with E-state index in [1.807, 2.05) is 25.1 Å². The number of rotatable bonds is 7. The summed E-state index contributed by atoms with van der Waals surface area (Å²) in [5.74, 6) is 0.568. The Hall–Kier alpha value is -3.29. The van der Waals surface area contributed by atoms with Gasteiger partial charge in [-0.1, -0.05) is 49.2 Å². The van der Waals surface area contributed by atoms with E-state index in [0.717, 1.165) is 18.4 Å². The molecule has 0 saturated carbocycles. The molecule has 1 aromatic heterocycles. The SMILES string of the molecule is CCCCOC(=O)c1ccc(-c2ccc(/C=C3/SC(=Nc4ccccc4Cl)NC3=O)o2)cc1. The molecule has 0 atom stereocenters. The molecule has 1 aliphatic heterocycles. The van der Waals surface area contributed by atoms with Crippen LogP contribution in [0.15, 0.2) is 75.0 Å². The maximum Gasteiger partial charge on any atom is 0.338 e. The van der Waals surface area contributed by atoms with Crippen molar-refractivity contribution in [3.63, 3.8) is 0 Å². The fourth-order valence-corrected chi connectivity index (χ4v) is 4.00. The van der Waals surface area contributed by atoms with Crippen molar-refractivity contribution in [1.82, 2.24) is 5.32 Å². The van der Waals surface area contributed by atoms with Crippen LogP contribution >= 0.6 is 23.4 Å². The molecule has 2 aromatic carbocycles. The number of amides is 1. The minimum atomic E-state index is -0.335. The van der Waals surface area contributed by atoms with Gasteiger partial charge in [0.25, 0.3) is 5.91 Å². The van der Waals surface area contributed by atoms with Crippen LogP contribution in [0.2, 0.25) is 5.02 Å². The molecule has 3 aromatic rings. The number of thioether (sulfide) groups is 1. The number of unbranched alkanes of at least 4 members (excludes halogenated alkanes) is 1. The molecule has 0 spiro atoms.